The number of nitrogens with zero attached hydrogens (tertiary/aromatic N) is 3. The van der Waals surface area contributed by atoms with Gasteiger partial charge in [-0.1, -0.05) is 6.07 Å². The maximum absolute atomic E-state index is 12.8. The number of carbonyl (C=O) groups excluding carboxylic acids is 1. The van der Waals surface area contributed by atoms with Crippen LogP contribution in [-0.2, 0) is 7.05 Å². The lowest BCUT2D eigenvalue weighted by Gasteiger charge is -2.27. The zero-order valence-electron chi connectivity index (χ0n) is 12.6. The SMILES string of the molecule is Cn1cccc1C(=O)N1C[C@H]2CC[C@H]1[C@H]2Oc1ccccn1. The number of hydrogen-bond acceptors (Lipinski definition) is 3. The normalized spacial score (nSPS) is 26.4. The number of aryl methyl sites for hydroxylation is 1. The van der Waals surface area contributed by atoms with E-state index in [2.05, 4.69) is 4.98 Å². The molecule has 3 atom stereocenters. The summed E-state index contributed by atoms with van der Waals surface area (Å²) in [5.41, 5.74) is 0.740. The summed E-state index contributed by atoms with van der Waals surface area (Å²) in [6, 6.07) is 9.62. The summed E-state index contributed by atoms with van der Waals surface area (Å²) in [7, 11) is 1.91. The molecule has 22 heavy (non-hydrogen) atoms. The van der Waals surface area contributed by atoms with Crippen molar-refractivity contribution in [1.82, 2.24) is 14.5 Å². The highest BCUT2D eigenvalue weighted by Gasteiger charge is 2.50. The zero-order valence-corrected chi connectivity index (χ0v) is 12.6. The van der Waals surface area contributed by atoms with Gasteiger partial charge in [0.1, 0.15) is 11.8 Å². The van der Waals surface area contributed by atoms with Crippen LogP contribution in [0.1, 0.15) is 23.3 Å². The number of likely N-dealkylation sites (tertiary alicyclic amines) is 1. The van der Waals surface area contributed by atoms with Gasteiger partial charge >= 0.3 is 0 Å². The van der Waals surface area contributed by atoms with Crippen molar-refractivity contribution in [3.05, 3.63) is 48.4 Å². The third-order valence-electron chi connectivity index (χ3n) is 4.83. The minimum Gasteiger partial charge on any atom is -0.472 e. The number of rotatable bonds is 3. The Kier molecular flexibility index (Phi) is 3.13. The van der Waals surface area contributed by atoms with Crippen LogP contribution in [0.2, 0.25) is 0 Å². The molecule has 2 fully saturated rings. The molecule has 0 spiro atoms. The van der Waals surface area contributed by atoms with E-state index in [9.17, 15) is 4.79 Å². The first-order chi connectivity index (χ1) is 10.7. The summed E-state index contributed by atoms with van der Waals surface area (Å²) in [6.45, 7) is 0.784. The number of ether oxygens (including phenoxy) is 1. The first-order valence-electron chi connectivity index (χ1n) is 7.74. The third-order valence-corrected chi connectivity index (χ3v) is 4.83. The van der Waals surface area contributed by atoms with Crippen LogP contribution in [0.4, 0.5) is 0 Å². The number of carbonyl (C=O) groups is 1. The van der Waals surface area contributed by atoms with Gasteiger partial charge in [0.25, 0.3) is 5.91 Å². The van der Waals surface area contributed by atoms with Gasteiger partial charge in [0.15, 0.2) is 0 Å². The van der Waals surface area contributed by atoms with Crippen LogP contribution in [0, 0.1) is 5.92 Å². The Morgan fingerprint density at radius 2 is 2.18 bits per heavy atom. The minimum atomic E-state index is 0.0686. The third kappa shape index (κ3) is 2.08. The van der Waals surface area contributed by atoms with Gasteiger partial charge in [0, 0.05) is 38.0 Å². The summed E-state index contributed by atoms with van der Waals surface area (Å²) in [5, 5.41) is 0. The Hall–Kier alpha value is -2.30. The van der Waals surface area contributed by atoms with E-state index in [1.165, 1.54) is 0 Å². The molecule has 1 amide bonds. The Morgan fingerprint density at radius 3 is 2.91 bits per heavy atom. The molecule has 1 aliphatic heterocycles. The largest absolute Gasteiger partial charge is 0.472 e. The molecule has 3 heterocycles. The van der Waals surface area contributed by atoms with Gasteiger partial charge < -0.3 is 14.2 Å². The van der Waals surface area contributed by atoms with Crippen molar-refractivity contribution in [2.75, 3.05) is 6.54 Å². The van der Waals surface area contributed by atoms with Gasteiger partial charge in [-0.15, -0.1) is 0 Å². The van der Waals surface area contributed by atoms with Gasteiger partial charge in [0.2, 0.25) is 5.88 Å². The van der Waals surface area contributed by atoms with Gasteiger partial charge in [-0.05, 0) is 31.0 Å². The maximum Gasteiger partial charge on any atom is 0.270 e. The molecule has 0 aromatic carbocycles. The van der Waals surface area contributed by atoms with Crippen LogP contribution < -0.4 is 4.74 Å². The highest BCUT2D eigenvalue weighted by Crippen LogP contribution is 2.40. The zero-order chi connectivity index (χ0) is 15.1. The molecule has 2 bridgehead atoms. The molecule has 5 nitrogen and oxygen atoms in total. The average Bonchev–Trinajstić information content (AvgIpc) is 3.23. The second-order valence-electron chi connectivity index (χ2n) is 6.12. The summed E-state index contributed by atoms with van der Waals surface area (Å²) >= 11 is 0. The molecule has 2 aromatic rings. The second kappa shape index (κ2) is 5.16. The number of aromatic nitrogens is 2. The van der Waals surface area contributed by atoms with Gasteiger partial charge in [-0.2, -0.15) is 0 Å². The monoisotopic (exact) mass is 297 g/mol. The van der Waals surface area contributed by atoms with E-state index >= 15 is 0 Å². The fraction of sp³-hybridized carbons (Fsp3) is 0.412. The number of fused-ring (bicyclic) bond motifs is 2. The Bertz CT molecular complexity index is 682. The molecule has 2 aliphatic rings. The molecular formula is C17H19N3O2. The molecule has 1 saturated carbocycles. The molecule has 0 unspecified atom stereocenters. The predicted molar refractivity (Wildman–Crippen MR) is 81.6 cm³/mol. The van der Waals surface area contributed by atoms with Crippen LogP contribution in [-0.4, -0.2) is 39.0 Å². The lowest BCUT2D eigenvalue weighted by molar-refractivity contribution is 0.0655. The molecule has 1 saturated heterocycles. The van der Waals surface area contributed by atoms with Crippen LogP contribution in [0.25, 0.3) is 0 Å². The smallest absolute Gasteiger partial charge is 0.270 e. The molecule has 114 valence electrons. The Balaban J connectivity index is 1.54. The summed E-state index contributed by atoms with van der Waals surface area (Å²) in [6.07, 6.45) is 5.85. The van der Waals surface area contributed by atoms with Gasteiger partial charge in [-0.3, -0.25) is 4.79 Å². The van der Waals surface area contributed by atoms with Crippen molar-refractivity contribution in [3.8, 4) is 5.88 Å². The molecule has 0 radical (unpaired) electrons. The van der Waals surface area contributed by atoms with Gasteiger partial charge in [-0.25, -0.2) is 4.98 Å². The van der Waals surface area contributed by atoms with E-state index in [-0.39, 0.29) is 18.1 Å². The van der Waals surface area contributed by atoms with E-state index in [1.54, 1.807) is 6.20 Å². The average molecular weight is 297 g/mol. The van der Waals surface area contributed by atoms with E-state index in [4.69, 9.17) is 4.74 Å². The Labute approximate surface area is 129 Å². The van der Waals surface area contributed by atoms with Crippen molar-refractivity contribution >= 4 is 5.91 Å². The lowest BCUT2D eigenvalue weighted by Crippen LogP contribution is -2.41. The first kappa shape index (κ1) is 13.4. The maximum atomic E-state index is 12.8. The topological polar surface area (TPSA) is 47.4 Å². The summed E-state index contributed by atoms with van der Waals surface area (Å²) in [5.74, 6) is 1.17. The summed E-state index contributed by atoms with van der Waals surface area (Å²) in [4.78, 5) is 19.0. The quantitative estimate of drug-likeness (QED) is 0.871. The van der Waals surface area contributed by atoms with Crippen LogP contribution in [0.5, 0.6) is 5.88 Å². The van der Waals surface area contributed by atoms with E-state index in [0.29, 0.717) is 11.8 Å². The lowest BCUT2D eigenvalue weighted by atomic mass is 10.1. The molecule has 2 aromatic heterocycles. The molecule has 5 heteroatoms. The van der Waals surface area contributed by atoms with E-state index in [0.717, 1.165) is 25.1 Å². The fourth-order valence-electron chi connectivity index (χ4n) is 3.74. The van der Waals surface area contributed by atoms with Crippen molar-refractivity contribution in [3.63, 3.8) is 0 Å². The van der Waals surface area contributed by atoms with Crippen molar-refractivity contribution in [2.24, 2.45) is 13.0 Å². The predicted octanol–water partition coefficient (Wildman–Crippen LogP) is 2.10. The second-order valence-corrected chi connectivity index (χ2v) is 6.12. The van der Waals surface area contributed by atoms with E-state index in [1.807, 2.05) is 53.0 Å². The molecule has 4 rings (SSSR count). The highest BCUT2D eigenvalue weighted by molar-refractivity contribution is 5.93. The molecular weight excluding hydrogens is 278 g/mol. The number of hydrogen-bond donors (Lipinski definition) is 0. The number of pyridine rings is 1. The summed E-state index contributed by atoms with van der Waals surface area (Å²) < 4.78 is 7.96. The Morgan fingerprint density at radius 1 is 1.27 bits per heavy atom. The van der Waals surface area contributed by atoms with Gasteiger partial charge in [0.05, 0.1) is 6.04 Å². The first-order valence-corrected chi connectivity index (χ1v) is 7.74. The fourth-order valence-corrected chi connectivity index (χ4v) is 3.74. The van der Waals surface area contributed by atoms with Crippen LogP contribution in [0.15, 0.2) is 42.7 Å². The molecule has 0 N–H and O–H groups in total. The van der Waals surface area contributed by atoms with Crippen LogP contribution >= 0.6 is 0 Å². The number of amides is 1. The standard InChI is InChI=1S/C17H19N3O2/c1-19-10-4-5-14(19)17(21)20-11-12-7-8-13(20)16(12)22-15-6-2-3-9-18-15/h2-6,9-10,12-13,16H,7-8,11H2,1H3/t12-,13+,16+/m1/s1. The highest BCUT2D eigenvalue weighted by atomic mass is 16.5. The van der Waals surface area contributed by atoms with Crippen LogP contribution in [0.3, 0.4) is 0 Å². The number of piperidine rings is 1. The minimum absolute atomic E-state index is 0.0686. The molecule has 1 aliphatic carbocycles. The van der Waals surface area contributed by atoms with Crippen molar-refractivity contribution < 1.29 is 9.53 Å². The van der Waals surface area contributed by atoms with Crippen molar-refractivity contribution in [1.29, 1.82) is 0 Å². The van der Waals surface area contributed by atoms with Crippen molar-refractivity contribution in [2.45, 2.75) is 25.0 Å². The van der Waals surface area contributed by atoms with E-state index < -0.39 is 0 Å².